The molecule has 0 aliphatic rings. The van der Waals surface area contributed by atoms with Crippen molar-refractivity contribution in [3.8, 4) is 11.3 Å². The summed E-state index contributed by atoms with van der Waals surface area (Å²) in [6.07, 6.45) is -0.548. The van der Waals surface area contributed by atoms with E-state index in [0.717, 1.165) is 11.3 Å². The summed E-state index contributed by atoms with van der Waals surface area (Å²) in [5, 5.41) is 2.73. The van der Waals surface area contributed by atoms with E-state index in [9.17, 15) is 9.59 Å². The molecular formula is C25H34N2O4. The fraction of sp³-hybridized carbons (Fsp3) is 0.480. The van der Waals surface area contributed by atoms with Gasteiger partial charge in [-0.15, -0.1) is 0 Å². The molecule has 0 atom stereocenters. The fourth-order valence-electron chi connectivity index (χ4n) is 3.13. The number of carbonyl (C=O) groups is 2. The van der Waals surface area contributed by atoms with Crippen molar-refractivity contribution in [1.82, 2.24) is 10.3 Å². The van der Waals surface area contributed by atoms with Gasteiger partial charge in [0.05, 0.1) is 23.6 Å². The lowest BCUT2D eigenvalue weighted by Crippen LogP contribution is -2.32. The predicted molar refractivity (Wildman–Crippen MR) is 122 cm³/mol. The molecule has 0 bridgehead atoms. The summed E-state index contributed by atoms with van der Waals surface area (Å²) in [5.41, 5.74) is 3.89. The molecule has 6 nitrogen and oxygen atoms in total. The molecule has 2 aromatic rings. The Bertz CT molecular complexity index is 936. The number of carbonyl (C=O) groups excluding carboxylic acids is 2. The number of hydrogen-bond donors (Lipinski definition) is 1. The molecule has 0 aliphatic carbocycles. The third-order valence-corrected chi connectivity index (χ3v) is 4.63. The Morgan fingerprint density at radius 1 is 1.03 bits per heavy atom. The first-order chi connectivity index (χ1) is 14.3. The quantitative estimate of drug-likeness (QED) is 0.634. The number of alkyl carbamates (subject to hydrolysis) is 1. The van der Waals surface area contributed by atoms with Gasteiger partial charge in [0.15, 0.2) is 0 Å². The number of esters is 1. The van der Waals surface area contributed by atoms with Gasteiger partial charge in [0.1, 0.15) is 5.60 Å². The maximum atomic E-state index is 12.6. The standard InChI is InChI=1S/C25H34N2O4/c1-9-30-22(28)21-16(2)27-20(17-10-12-19(13-11-17)24(3,4)5)14-18(21)15-26-23(29)31-25(6,7)8/h10-14H,9,15H2,1-8H3,(H,26,29). The van der Waals surface area contributed by atoms with Crippen molar-refractivity contribution in [3.63, 3.8) is 0 Å². The average molecular weight is 427 g/mol. The number of hydrogen-bond acceptors (Lipinski definition) is 5. The van der Waals surface area contributed by atoms with E-state index in [2.05, 4.69) is 43.2 Å². The molecule has 0 saturated carbocycles. The number of nitrogens with zero attached hydrogens (tertiary/aromatic N) is 1. The van der Waals surface area contributed by atoms with E-state index < -0.39 is 17.7 Å². The van der Waals surface area contributed by atoms with Gasteiger partial charge in [-0.2, -0.15) is 0 Å². The van der Waals surface area contributed by atoms with E-state index in [1.165, 1.54) is 5.56 Å². The average Bonchev–Trinajstić information content (AvgIpc) is 2.64. The molecule has 1 aromatic heterocycles. The van der Waals surface area contributed by atoms with Crippen LogP contribution in [0.1, 0.15) is 75.6 Å². The highest BCUT2D eigenvalue weighted by Crippen LogP contribution is 2.27. The van der Waals surface area contributed by atoms with Crippen LogP contribution in [0.15, 0.2) is 30.3 Å². The van der Waals surface area contributed by atoms with Gasteiger partial charge in [-0.25, -0.2) is 9.59 Å². The summed E-state index contributed by atoms with van der Waals surface area (Å²) in [6, 6.07) is 10.0. The molecule has 1 heterocycles. The van der Waals surface area contributed by atoms with Crippen molar-refractivity contribution in [2.24, 2.45) is 0 Å². The maximum absolute atomic E-state index is 12.6. The van der Waals surface area contributed by atoms with E-state index in [4.69, 9.17) is 9.47 Å². The van der Waals surface area contributed by atoms with Crippen LogP contribution in [0.25, 0.3) is 11.3 Å². The van der Waals surface area contributed by atoms with Crippen LogP contribution < -0.4 is 5.32 Å². The first-order valence-electron chi connectivity index (χ1n) is 10.6. The van der Waals surface area contributed by atoms with Crippen LogP contribution >= 0.6 is 0 Å². The van der Waals surface area contributed by atoms with E-state index >= 15 is 0 Å². The van der Waals surface area contributed by atoms with Crippen molar-refractivity contribution in [2.75, 3.05) is 6.61 Å². The van der Waals surface area contributed by atoms with E-state index in [1.54, 1.807) is 34.6 Å². The van der Waals surface area contributed by atoms with Crippen LogP contribution in [0.3, 0.4) is 0 Å². The molecule has 0 aliphatic heterocycles. The van der Waals surface area contributed by atoms with Gasteiger partial charge in [-0.1, -0.05) is 45.0 Å². The second-order valence-corrected chi connectivity index (χ2v) is 9.53. The SMILES string of the molecule is CCOC(=O)c1c(CNC(=O)OC(C)(C)C)cc(-c2ccc(C(C)(C)C)cc2)nc1C. The molecule has 1 aromatic carbocycles. The van der Waals surface area contributed by atoms with Crippen molar-refractivity contribution in [3.05, 3.63) is 52.7 Å². The van der Waals surface area contributed by atoms with E-state index in [-0.39, 0.29) is 18.6 Å². The fourth-order valence-corrected chi connectivity index (χ4v) is 3.13. The zero-order valence-electron chi connectivity index (χ0n) is 19.9. The second-order valence-electron chi connectivity index (χ2n) is 9.53. The van der Waals surface area contributed by atoms with Crippen LogP contribution in [-0.4, -0.2) is 29.3 Å². The van der Waals surface area contributed by atoms with Crippen LogP contribution in [0, 0.1) is 6.92 Å². The van der Waals surface area contributed by atoms with Gasteiger partial charge in [0, 0.05) is 12.1 Å². The number of benzene rings is 1. The maximum Gasteiger partial charge on any atom is 0.407 e. The Morgan fingerprint density at radius 2 is 1.65 bits per heavy atom. The minimum atomic E-state index is -0.609. The van der Waals surface area contributed by atoms with E-state index in [1.807, 2.05) is 18.2 Å². The highest BCUT2D eigenvalue weighted by Gasteiger charge is 2.21. The van der Waals surface area contributed by atoms with Crippen LogP contribution in [0.5, 0.6) is 0 Å². The zero-order valence-corrected chi connectivity index (χ0v) is 19.9. The van der Waals surface area contributed by atoms with Crippen molar-refractivity contribution in [2.45, 2.75) is 73.0 Å². The lowest BCUT2D eigenvalue weighted by atomic mass is 9.86. The Labute approximate surface area is 185 Å². The zero-order chi connectivity index (χ0) is 23.4. The Morgan fingerprint density at radius 3 is 2.16 bits per heavy atom. The van der Waals surface area contributed by atoms with E-state index in [0.29, 0.717) is 16.8 Å². The lowest BCUT2D eigenvalue weighted by Gasteiger charge is -2.21. The van der Waals surface area contributed by atoms with Gasteiger partial charge < -0.3 is 14.8 Å². The molecule has 6 heteroatoms. The normalized spacial score (nSPS) is 11.7. The third kappa shape index (κ3) is 6.81. The third-order valence-electron chi connectivity index (χ3n) is 4.63. The number of aromatic nitrogens is 1. The van der Waals surface area contributed by atoms with Crippen molar-refractivity contribution in [1.29, 1.82) is 0 Å². The number of nitrogens with one attached hydrogen (secondary N) is 1. The summed E-state index contributed by atoms with van der Waals surface area (Å²) in [7, 11) is 0. The molecular weight excluding hydrogens is 392 g/mol. The molecule has 0 radical (unpaired) electrons. The largest absolute Gasteiger partial charge is 0.462 e. The molecule has 1 N–H and O–H groups in total. The summed E-state index contributed by atoms with van der Waals surface area (Å²) in [4.78, 5) is 29.3. The Hall–Kier alpha value is -2.89. The highest BCUT2D eigenvalue weighted by molar-refractivity contribution is 5.93. The molecule has 31 heavy (non-hydrogen) atoms. The number of pyridine rings is 1. The number of aryl methyl sites for hydroxylation is 1. The number of rotatable bonds is 5. The monoisotopic (exact) mass is 426 g/mol. The van der Waals surface area contributed by atoms with Crippen LogP contribution in [0.2, 0.25) is 0 Å². The highest BCUT2D eigenvalue weighted by atomic mass is 16.6. The molecule has 0 saturated heterocycles. The summed E-state index contributed by atoms with van der Waals surface area (Å²) in [6.45, 7) is 15.8. The molecule has 2 rings (SSSR count). The molecule has 0 unspecified atom stereocenters. The van der Waals surface area contributed by atoms with Gasteiger partial charge in [-0.3, -0.25) is 4.98 Å². The van der Waals surface area contributed by atoms with Crippen LogP contribution in [0.4, 0.5) is 4.79 Å². The molecule has 0 fully saturated rings. The van der Waals surface area contributed by atoms with Crippen molar-refractivity contribution >= 4 is 12.1 Å². The molecule has 0 spiro atoms. The topological polar surface area (TPSA) is 77.5 Å². The first kappa shape index (κ1) is 24.4. The number of ether oxygens (including phenoxy) is 2. The Kier molecular flexibility index (Phi) is 7.47. The summed E-state index contributed by atoms with van der Waals surface area (Å²) >= 11 is 0. The smallest absolute Gasteiger partial charge is 0.407 e. The summed E-state index contributed by atoms with van der Waals surface area (Å²) in [5.74, 6) is -0.455. The van der Waals surface area contributed by atoms with Gasteiger partial charge >= 0.3 is 12.1 Å². The number of amides is 1. The minimum Gasteiger partial charge on any atom is -0.462 e. The van der Waals surface area contributed by atoms with Crippen LogP contribution in [-0.2, 0) is 21.4 Å². The second kappa shape index (κ2) is 9.50. The predicted octanol–water partition coefficient (Wildman–Crippen LogP) is 5.56. The lowest BCUT2D eigenvalue weighted by molar-refractivity contribution is 0.0501. The first-order valence-corrected chi connectivity index (χ1v) is 10.6. The molecule has 1 amide bonds. The van der Waals surface area contributed by atoms with Gasteiger partial charge in [0.2, 0.25) is 0 Å². The van der Waals surface area contributed by atoms with Crippen molar-refractivity contribution < 1.29 is 19.1 Å². The summed E-state index contributed by atoms with van der Waals surface area (Å²) < 4.78 is 10.5. The van der Waals surface area contributed by atoms with Gasteiger partial charge in [-0.05, 0) is 57.2 Å². The molecule has 168 valence electrons. The van der Waals surface area contributed by atoms with Gasteiger partial charge in [0.25, 0.3) is 0 Å². The minimum absolute atomic E-state index is 0.0537. The Balaban J connectivity index is 2.41.